The van der Waals surface area contributed by atoms with Gasteiger partial charge in [0.25, 0.3) is 0 Å². The van der Waals surface area contributed by atoms with Crippen LogP contribution in [0.25, 0.3) is 0 Å². The Kier molecular flexibility index (Phi) is 6.05. The summed E-state index contributed by atoms with van der Waals surface area (Å²) >= 11 is 0. The van der Waals surface area contributed by atoms with Crippen LogP contribution in [0, 0.1) is 6.92 Å². The van der Waals surface area contributed by atoms with E-state index in [0.29, 0.717) is 13.2 Å². The van der Waals surface area contributed by atoms with Gasteiger partial charge in [0, 0.05) is 6.54 Å². The zero-order chi connectivity index (χ0) is 13.4. The van der Waals surface area contributed by atoms with Gasteiger partial charge in [0.2, 0.25) is 0 Å². The molecule has 18 heavy (non-hydrogen) atoms. The summed E-state index contributed by atoms with van der Waals surface area (Å²) in [5.74, 6) is 0.861. The first-order chi connectivity index (χ1) is 8.63. The summed E-state index contributed by atoms with van der Waals surface area (Å²) < 4.78 is 5.66. The van der Waals surface area contributed by atoms with E-state index in [1.54, 1.807) is 0 Å². The molecule has 0 aliphatic heterocycles. The third kappa shape index (κ3) is 5.08. The molecule has 0 aromatic heterocycles. The quantitative estimate of drug-likeness (QED) is 0.815. The molecule has 2 amide bonds. The second kappa shape index (κ2) is 7.58. The van der Waals surface area contributed by atoms with Crippen LogP contribution >= 0.6 is 0 Å². The van der Waals surface area contributed by atoms with Gasteiger partial charge < -0.3 is 15.4 Å². The highest BCUT2D eigenvalue weighted by molar-refractivity contribution is 5.74. The number of carbonyl (C=O) groups excluding carboxylic acids is 1. The molecule has 0 aliphatic rings. The van der Waals surface area contributed by atoms with Crippen molar-refractivity contribution in [2.45, 2.75) is 33.2 Å². The number of hydrogen-bond donors (Lipinski definition) is 2. The van der Waals surface area contributed by atoms with E-state index >= 15 is 0 Å². The Bertz CT molecular complexity index is 380. The lowest BCUT2D eigenvalue weighted by Crippen LogP contribution is -2.43. The van der Waals surface area contributed by atoms with Gasteiger partial charge in [0.15, 0.2) is 0 Å². The minimum Gasteiger partial charge on any atom is -0.491 e. The summed E-state index contributed by atoms with van der Waals surface area (Å²) in [6.07, 6.45) is 0.932. The summed E-state index contributed by atoms with van der Waals surface area (Å²) in [6.45, 7) is 7.10. The lowest BCUT2D eigenvalue weighted by molar-refractivity contribution is 0.226. The highest BCUT2D eigenvalue weighted by Crippen LogP contribution is 2.16. The first-order valence-corrected chi connectivity index (χ1v) is 6.36. The normalized spacial score (nSPS) is 11.7. The number of amides is 2. The SMILES string of the molecule is CCCNC(=O)N[C@@H](C)COc1ccccc1C. The van der Waals surface area contributed by atoms with Crippen molar-refractivity contribution in [3.8, 4) is 5.75 Å². The van der Waals surface area contributed by atoms with Gasteiger partial charge in [-0.2, -0.15) is 0 Å². The molecule has 0 fully saturated rings. The molecule has 0 unspecified atom stereocenters. The summed E-state index contributed by atoms with van der Waals surface area (Å²) in [5.41, 5.74) is 1.10. The van der Waals surface area contributed by atoms with Crippen molar-refractivity contribution in [2.75, 3.05) is 13.2 Å². The third-order valence-electron chi connectivity index (χ3n) is 2.50. The average molecular weight is 250 g/mol. The molecule has 0 saturated carbocycles. The van der Waals surface area contributed by atoms with Crippen molar-refractivity contribution in [1.82, 2.24) is 10.6 Å². The number of aryl methyl sites for hydroxylation is 1. The van der Waals surface area contributed by atoms with Crippen LogP contribution in [0.15, 0.2) is 24.3 Å². The fourth-order valence-corrected chi connectivity index (χ4v) is 1.49. The maximum absolute atomic E-state index is 11.4. The number of ether oxygens (including phenoxy) is 1. The summed E-state index contributed by atoms with van der Waals surface area (Å²) in [5, 5.41) is 5.60. The Balaban J connectivity index is 2.31. The zero-order valence-electron chi connectivity index (χ0n) is 11.3. The maximum Gasteiger partial charge on any atom is 0.315 e. The number of hydrogen-bond acceptors (Lipinski definition) is 2. The smallest absolute Gasteiger partial charge is 0.315 e. The summed E-state index contributed by atoms with van der Waals surface area (Å²) in [7, 11) is 0. The molecule has 0 saturated heterocycles. The van der Waals surface area contributed by atoms with Crippen molar-refractivity contribution >= 4 is 6.03 Å². The lowest BCUT2D eigenvalue weighted by atomic mass is 10.2. The largest absolute Gasteiger partial charge is 0.491 e. The molecule has 100 valence electrons. The molecule has 0 aliphatic carbocycles. The van der Waals surface area contributed by atoms with Gasteiger partial charge in [-0.3, -0.25) is 0 Å². The third-order valence-corrected chi connectivity index (χ3v) is 2.50. The number of nitrogens with one attached hydrogen (secondary N) is 2. The molecule has 0 heterocycles. The molecular weight excluding hydrogens is 228 g/mol. The molecule has 0 spiro atoms. The number of carbonyl (C=O) groups is 1. The molecular formula is C14H22N2O2. The average Bonchev–Trinajstić information content (AvgIpc) is 2.35. The van der Waals surface area contributed by atoms with Gasteiger partial charge in [-0.25, -0.2) is 4.79 Å². The predicted octanol–water partition coefficient (Wildman–Crippen LogP) is 2.47. The van der Waals surface area contributed by atoms with E-state index in [1.807, 2.05) is 45.0 Å². The highest BCUT2D eigenvalue weighted by atomic mass is 16.5. The second-order valence-corrected chi connectivity index (χ2v) is 4.38. The predicted molar refractivity (Wildman–Crippen MR) is 73.0 cm³/mol. The molecule has 4 heteroatoms. The summed E-state index contributed by atoms with van der Waals surface area (Å²) in [6, 6.07) is 7.68. The van der Waals surface area contributed by atoms with E-state index in [0.717, 1.165) is 17.7 Å². The number of rotatable bonds is 6. The van der Waals surface area contributed by atoms with Crippen LogP contribution in [0.4, 0.5) is 4.79 Å². The van der Waals surface area contributed by atoms with Gasteiger partial charge >= 0.3 is 6.03 Å². The minimum absolute atomic E-state index is 0.0264. The fraction of sp³-hybridized carbons (Fsp3) is 0.500. The Labute approximate surface area is 109 Å². The van der Waals surface area contributed by atoms with Crippen LogP contribution in [-0.2, 0) is 0 Å². The lowest BCUT2D eigenvalue weighted by Gasteiger charge is -2.16. The number of benzene rings is 1. The fourth-order valence-electron chi connectivity index (χ4n) is 1.49. The van der Waals surface area contributed by atoms with Crippen molar-refractivity contribution in [3.05, 3.63) is 29.8 Å². The second-order valence-electron chi connectivity index (χ2n) is 4.38. The monoisotopic (exact) mass is 250 g/mol. The van der Waals surface area contributed by atoms with E-state index in [9.17, 15) is 4.79 Å². The van der Waals surface area contributed by atoms with Crippen molar-refractivity contribution < 1.29 is 9.53 Å². The maximum atomic E-state index is 11.4. The molecule has 1 rings (SSSR count). The van der Waals surface area contributed by atoms with Crippen LogP contribution in [0.2, 0.25) is 0 Å². The van der Waals surface area contributed by atoms with Gasteiger partial charge in [-0.1, -0.05) is 25.1 Å². The topological polar surface area (TPSA) is 50.4 Å². The first kappa shape index (κ1) is 14.4. The molecule has 4 nitrogen and oxygen atoms in total. The molecule has 1 aromatic carbocycles. The van der Waals surface area contributed by atoms with Gasteiger partial charge in [0.05, 0.1) is 6.04 Å². The Morgan fingerprint density at radius 2 is 2.11 bits per heavy atom. The van der Waals surface area contributed by atoms with E-state index in [-0.39, 0.29) is 12.1 Å². The molecule has 2 N–H and O–H groups in total. The van der Waals surface area contributed by atoms with Crippen molar-refractivity contribution in [3.63, 3.8) is 0 Å². The van der Waals surface area contributed by atoms with Crippen molar-refractivity contribution in [1.29, 1.82) is 0 Å². The van der Waals surface area contributed by atoms with Crippen LogP contribution in [0.1, 0.15) is 25.8 Å². The van der Waals surface area contributed by atoms with Crippen LogP contribution in [0.5, 0.6) is 5.75 Å². The number of urea groups is 1. The van der Waals surface area contributed by atoms with Gasteiger partial charge in [0.1, 0.15) is 12.4 Å². The molecule has 0 bridgehead atoms. The number of para-hydroxylation sites is 1. The molecule has 0 radical (unpaired) electrons. The van der Waals surface area contributed by atoms with Crippen LogP contribution in [0.3, 0.4) is 0 Å². The van der Waals surface area contributed by atoms with Crippen LogP contribution in [-0.4, -0.2) is 25.2 Å². The van der Waals surface area contributed by atoms with E-state index in [2.05, 4.69) is 10.6 Å². The zero-order valence-corrected chi connectivity index (χ0v) is 11.3. The minimum atomic E-state index is -0.141. The van der Waals surface area contributed by atoms with E-state index < -0.39 is 0 Å². The van der Waals surface area contributed by atoms with E-state index in [1.165, 1.54) is 0 Å². The van der Waals surface area contributed by atoms with Crippen LogP contribution < -0.4 is 15.4 Å². The summed E-state index contributed by atoms with van der Waals surface area (Å²) in [4.78, 5) is 11.4. The van der Waals surface area contributed by atoms with Gasteiger partial charge in [-0.15, -0.1) is 0 Å². The Hall–Kier alpha value is -1.71. The standard InChI is InChI=1S/C14H22N2O2/c1-4-9-15-14(17)16-12(3)10-18-13-8-6-5-7-11(13)2/h5-8,12H,4,9-10H2,1-3H3,(H2,15,16,17)/t12-/m0/s1. The Morgan fingerprint density at radius 3 is 2.78 bits per heavy atom. The van der Waals surface area contributed by atoms with Gasteiger partial charge in [-0.05, 0) is 31.9 Å². The first-order valence-electron chi connectivity index (χ1n) is 6.36. The van der Waals surface area contributed by atoms with E-state index in [4.69, 9.17) is 4.74 Å². The van der Waals surface area contributed by atoms with Crippen molar-refractivity contribution in [2.24, 2.45) is 0 Å². The Morgan fingerprint density at radius 1 is 1.39 bits per heavy atom. The highest BCUT2D eigenvalue weighted by Gasteiger charge is 2.07. The molecule has 1 atom stereocenters. The molecule has 1 aromatic rings.